The second kappa shape index (κ2) is 14.5. The van der Waals surface area contributed by atoms with Crippen LogP contribution in [0.15, 0.2) is 10.6 Å². The second-order valence-corrected chi connectivity index (χ2v) is 8.95. The van der Waals surface area contributed by atoms with E-state index < -0.39 is 35.4 Å². The zero-order valence-corrected chi connectivity index (χ0v) is 21.6. The summed E-state index contributed by atoms with van der Waals surface area (Å²) in [5.74, 6) is -1.20. The molecule has 0 aliphatic carbocycles. The predicted molar refractivity (Wildman–Crippen MR) is 125 cm³/mol. The van der Waals surface area contributed by atoms with Crippen molar-refractivity contribution in [3.8, 4) is 0 Å². The van der Waals surface area contributed by atoms with Gasteiger partial charge in [0.25, 0.3) is 0 Å². The third-order valence-corrected chi connectivity index (χ3v) is 4.88. The van der Waals surface area contributed by atoms with Crippen molar-refractivity contribution in [3.05, 3.63) is 17.5 Å². The van der Waals surface area contributed by atoms with Gasteiger partial charge in [0.1, 0.15) is 17.4 Å². The van der Waals surface area contributed by atoms with Gasteiger partial charge in [0.05, 0.1) is 37.9 Å². The summed E-state index contributed by atoms with van der Waals surface area (Å²) in [6.07, 6.45) is 0.371. The number of epoxide rings is 1. The highest BCUT2D eigenvalue weighted by Crippen LogP contribution is 2.29. The molecule has 1 aliphatic rings. The lowest BCUT2D eigenvalue weighted by molar-refractivity contribution is -0.133. The molecule has 3 atom stereocenters. The molecule has 1 fully saturated rings. The molecule has 0 saturated carbocycles. The standard InChI is InChI=1S/C21H32N4O7.C2H6O/c1-12(2)6-15(19(28)21(4)11-31-21)23-18(27)9-22-20(29)16(10-30-5)24-17(26)8-14-7-13(3)25-32-14;1-3-2/h7,12,15-16H,6,8-11H2,1-5H3,(H,22,29)(H,23,27)(H,24,26);1-2H3/t15-,16-,21+;/m0./s1. The molecule has 1 aromatic rings. The van der Waals surface area contributed by atoms with Crippen LogP contribution in [0.2, 0.25) is 0 Å². The van der Waals surface area contributed by atoms with Gasteiger partial charge < -0.3 is 34.7 Å². The van der Waals surface area contributed by atoms with E-state index in [1.54, 1.807) is 34.1 Å². The van der Waals surface area contributed by atoms with Crippen molar-refractivity contribution in [3.63, 3.8) is 0 Å². The fourth-order valence-corrected chi connectivity index (χ4v) is 3.11. The van der Waals surface area contributed by atoms with E-state index in [4.69, 9.17) is 14.0 Å². The van der Waals surface area contributed by atoms with E-state index in [9.17, 15) is 19.2 Å². The number of nitrogens with one attached hydrogen (secondary N) is 3. The monoisotopic (exact) mass is 498 g/mol. The SMILES string of the molecule is COC.COC[C@H](NC(=O)Cc1cc(C)no1)C(=O)NCC(=O)N[C@@H](CC(C)C)C(=O)[C@@]1(C)CO1. The van der Waals surface area contributed by atoms with Crippen LogP contribution in [0, 0.1) is 12.8 Å². The van der Waals surface area contributed by atoms with E-state index >= 15 is 0 Å². The number of hydrogen-bond donors (Lipinski definition) is 3. The number of carbonyl (C=O) groups excluding carboxylic acids is 4. The Balaban J connectivity index is 0.00000194. The van der Waals surface area contributed by atoms with Crippen molar-refractivity contribution in [2.24, 2.45) is 5.92 Å². The van der Waals surface area contributed by atoms with Crippen LogP contribution >= 0.6 is 0 Å². The maximum absolute atomic E-state index is 12.6. The van der Waals surface area contributed by atoms with Crippen molar-refractivity contribution < 1.29 is 37.9 Å². The lowest BCUT2D eigenvalue weighted by Crippen LogP contribution is -2.53. The minimum Gasteiger partial charge on any atom is -0.388 e. The third-order valence-electron chi connectivity index (χ3n) is 4.88. The van der Waals surface area contributed by atoms with Gasteiger partial charge in [0.15, 0.2) is 5.78 Å². The lowest BCUT2D eigenvalue weighted by Gasteiger charge is -2.22. The van der Waals surface area contributed by atoms with Gasteiger partial charge in [-0.05, 0) is 26.2 Å². The number of aryl methyl sites for hydroxylation is 1. The number of methoxy groups -OCH3 is 2. The fraction of sp³-hybridized carbons (Fsp3) is 0.696. The smallest absolute Gasteiger partial charge is 0.245 e. The first-order valence-corrected chi connectivity index (χ1v) is 11.3. The average Bonchev–Trinajstić information content (AvgIpc) is 3.40. The maximum Gasteiger partial charge on any atom is 0.245 e. The maximum atomic E-state index is 12.6. The summed E-state index contributed by atoms with van der Waals surface area (Å²) < 4.78 is 19.5. The third kappa shape index (κ3) is 11.0. The quantitative estimate of drug-likeness (QED) is 0.316. The summed E-state index contributed by atoms with van der Waals surface area (Å²) >= 11 is 0. The first kappa shape index (κ1) is 30.2. The van der Waals surface area contributed by atoms with Gasteiger partial charge in [-0.25, -0.2) is 0 Å². The molecule has 0 unspecified atom stereocenters. The molecule has 3 amide bonds. The van der Waals surface area contributed by atoms with Crippen LogP contribution in [0.4, 0.5) is 0 Å². The molecule has 0 bridgehead atoms. The molecule has 1 aliphatic heterocycles. The highest BCUT2D eigenvalue weighted by molar-refractivity contribution is 5.97. The topological polar surface area (TPSA) is 161 Å². The first-order chi connectivity index (χ1) is 16.4. The molecule has 1 aromatic heterocycles. The van der Waals surface area contributed by atoms with Gasteiger partial charge in [0, 0.05) is 27.4 Å². The normalized spacial score (nSPS) is 18.1. The van der Waals surface area contributed by atoms with Crippen LogP contribution in [0.3, 0.4) is 0 Å². The van der Waals surface area contributed by atoms with Crippen LogP contribution in [0.5, 0.6) is 0 Å². The Kier molecular flexibility index (Phi) is 12.5. The highest BCUT2D eigenvalue weighted by atomic mass is 16.6. The molecule has 12 heteroatoms. The molecule has 12 nitrogen and oxygen atoms in total. The van der Waals surface area contributed by atoms with E-state index in [1.807, 2.05) is 13.8 Å². The van der Waals surface area contributed by atoms with Crippen LogP contribution < -0.4 is 16.0 Å². The van der Waals surface area contributed by atoms with Gasteiger partial charge >= 0.3 is 0 Å². The Morgan fingerprint density at radius 3 is 2.20 bits per heavy atom. The summed E-state index contributed by atoms with van der Waals surface area (Å²) in [5, 5.41) is 11.4. The van der Waals surface area contributed by atoms with Crippen LogP contribution in [0.1, 0.15) is 38.6 Å². The van der Waals surface area contributed by atoms with Crippen molar-refractivity contribution in [1.82, 2.24) is 21.1 Å². The number of nitrogens with zero attached hydrogens (tertiary/aromatic N) is 1. The molecular weight excluding hydrogens is 460 g/mol. The molecule has 1 saturated heterocycles. The van der Waals surface area contributed by atoms with E-state index in [0.29, 0.717) is 24.5 Å². The van der Waals surface area contributed by atoms with Gasteiger partial charge in [-0.15, -0.1) is 0 Å². The van der Waals surface area contributed by atoms with Crippen molar-refractivity contribution in [2.45, 2.75) is 58.2 Å². The van der Waals surface area contributed by atoms with Gasteiger partial charge in [-0.1, -0.05) is 19.0 Å². The summed E-state index contributed by atoms with van der Waals surface area (Å²) in [6, 6.07) is -0.0833. The van der Waals surface area contributed by atoms with Crippen LogP contribution in [-0.2, 0) is 39.8 Å². The van der Waals surface area contributed by atoms with Crippen molar-refractivity contribution in [2.75, 3.05) is 41.1 Å². The number of hydrogen-bond acceptors (Lipinski definition) is 9. The Morgan fingerprint density at radius 1 is 1.11 bits per heavy atom. The summed E-state index contributed by atoms with van der Waals surface area (Å²) in [5.41, 5.74) is -0.215. The largest absolute Gasteiger partial charge is 0.388 e. The van der Waals surface area contributed by atoms with Crippen molar-refractivity contribution in [1.29, 1.82) is 0 Å². The van der Waals surface area contributed by atoms with Gasteiger partial charge in [0.2, 0.25) is 17.7 Å². The highest BCUT2D eigenvalue weighted by Gasteiger charge is 2.50. The minimum absolute atomic E-state index is 0.0845. The molecule has 0 radical (unpaired) electrons. The summed E-state index contributed by atoms with van der Waals surface area (Å²) in [7, 11) is 4.64. The molecular formula is C23H38N4O8. The molecule has 2 heterocycles. The Morgan fingerprint density at radius 2 is 1.71 bits per heavy atom. The van der Waals surface area contributed by atoms with Gasteiger partial charge in [-0.3, -0.25) is 19.2 Å². The molecule has 0 aromatic carbocycles. The number of rotatable bonds is 13. The Hall–Kier alpha value is -2.83. The van der Waals surface area contributed by atoms with E-state index in [-0.39, 0.29) is 31.3 Å². The summed E-state index contributed by atoms with van der Waals surface area (Å²) in [6.45, 7) is 7.21. The Labute approximate surface area is 205 Å². The predicted octanol–water partition coefficient (Wildman–Crippen LogP) is -0.0756. The molecule has 198 valence electrons. The van der Waals surface area contributed by atoms with Crippen LogP contribution in [0.25, 0.3) is 0 Å². The number of carbonyl (C=O) groups is 4. The average molecular weight is 499 g/mol. The Bertz CT molecular complexity index is 850. The first-order valence-electron chi connectivity index (χ1n) is 11.3. The molecule has 35 heavy (non-hydrogen) atoms. The molecule has 3 N–H and O–H groups in total. The molecule has 0 spiro atoms. The van der Waals surface area contributed by atoms with E-state index in [0.717, 1.165) is 0 Å². The number of ether oxygens (including phenoxy) is 3. The van der Waals surface area contributed by atoms with Crippen LogP contribution in [-0.4, -0.2) is 87.4 Å². The number of amides is 3. The summed E-state index contributed by atoms with van der Waals surface area (Å²) in [4.78, 5) is 49.7. The van der Waals surface area contributed by atoms with E-state index in [1.165, 1.54) is 7.11 Å². The minimum atomic E-state index is -1.00. The zero-order valence-electron chi connectivity index (χ0n) is 21.6. The fourth-order valence-electron chi connectivity index (χ4n) is 3.11. The number of aromatic nitrogens is 1. The van der Waals surface area contributed by atoms with Gasteiger partial charge in [-0.2, -0.15) is 0 Å². The molecule has 2 rings (SSSR count). The lowest BCUT2D eigenvalue weighted by atomic mass is 9.93. The number of ketones is 1. The van der Waals surface area contributed by atoms with E-state index in [2.05, 4.69) is 25.8 Å². The van der Waals surface area contributed by atoms with Crippen molar-refractivity contribution >= 4 is 23.5 Å². The number of Topliss-reactive ketones (excluding diaryl/α,β-unsaturated/α-hetero) is 1. The zero-order chi connectivity index (χ0) is 26.6. The second-order valence-electron chi connectivity index (χ2n) is 8.95.